The molecule has 28 heavy (non-hydrogen) atoms. The highest BCUT2D eigenvalue weighted by molar-refractivity contribution is 9.10. The molecule has 1 aliphatic rings. The molecule has 0 aromatic carbocycles. The Kier molecular flexibility index (Phi) is 5.99. The van der Waals surface area contributed by atoms with Crippen LogP contribution in [0.3, 0.4) is 0 Å². The molecule has 3 aromatic heterocycles. The number of halogens is 1. The summed E-state index contributed by atoms with van der Waals surface area (Å²) in [5.74, 6) is -1.31. The summed E-state index contributed by atoms with van der Waals surface area (Å²) < 4.78 is 2.84. The summed E-state index contributed by atoms with van der Waals surface area (Å²) in [6, 6.07) is 2.48. The van der Waals surface area contributed by atoms with Crippen LogP contribution in [-0.4, -0.2) is 72.9 Å². The maximum Gasteiger partial charge on any atom is 0.303 e. The van der Waals surface area contributed by atoms with Gasteiger partial charge in [0.25, 0.3) is 0 Å². The third kappa shape index (κ3) is 4.34. The van der Waals surface area contributed by atoms with Gasteiger partial charge in [-0.15, -0.1) is 10.2 Å². The van der Waals surface area contributed by atoms with E-state index < -0.39 is 11.9 Å². The van der Waals surface area contributed by atoms with Crippen molar-refractivity contribution in [3.05, 3.63) is 23.1 Å². The first-order chi connectivity index (χ1) is 13.4. The average Bonchev–Trinajstić information content (AvgIpc) is 3.10. The van der Waals surface area contributed by atoms with E-state index in [1.54, 1.807) is 12.5 Å². The number of nitrogens with one attached hydrogen (secondary N) is 1. The van der Waals surface area contributed by atoms with E-state index in [1.165, 1.54) is 0 Å². The lowest BCUT2D eigenvalue weighted by atomic mass is 10.1. The molecule has 4 heterocycles. The Bertz CT molecular complexity index is 1000. The molecule has 3 N–H and O–H groups in total. The van der Waals surface area contributed by atoms with Gasteiger partial charge in [0.1, 0.15) is 6.33 Å². The van der Waals surface area contributed by atoms with Crippen molar-refractivity contribution in [3.8, 4) is 0 Å². The first-order valence-electron chi connectivity index (χ1n) is 8.40. The summed E-state index contributed by atoms with van der Waals surface area (Å²) in [6.45, 7) is 1.85. The van der Waals surface area contributed by atoms with Crippen LogP contribution in [0.1, 0.15) is 12.8 Å². The lowest BCUT2D eigenvalue weighted by Crippen LogP contribution is -2.57. The highest BCUT2D eigenvalue weighted by atomic mass is 79.9. The molecule has 11 nitrogen and oxygen atoms in total. The van der Waals surface area contributed by atoms with Crippen LogP contribution in [0, 0.1) is 0 Å². The standard InChI is InChI=1S/C12H12BrN7.C4H6O4/c1-14-8-4-19(5-8)11-12-18-16-6-20(12)9-2-7(13)3-15-10(9)17-11;5-3(6)1-2-4(7)8/h2-3,6,8,14H,4-5H2,1H3;1-2H2,(H,5,6)(H,7,8). The second-order valence-corrected chi connectivity index (χ2v) is 7.05. The topological polar surface area (TPSA) is 146 Å². The molecule has 12 heteroatoms. The summed E-state index contributed by atoms with van der Waals surface area (Å²) >= 11 is 3.43. The van der Waals surface area contributed by atoms with Gasteiger partial charge in [-0.1, -0.05) is 0 Å². The molecule has 1 saturated heterocycles. The Morgan fingerprint density at radius 3 is 2.57 bits per heavy atom. The fourth-order valence-electron chi connectivity index (χ4n) is 2.66. The van der Waals surface area contributed by atoms with Crippen molar-refractivity contribution in [3.63, 3.8) is 0 Å². The largest absolute Gasteiger partial charge is 0.481 e. The van der Waals surface area contributed by atoms with Crippen LogP contribution >= 0.6 is 15.9 Å². The summed E-state index contributed by atoms with van der Waals surface area (Å²) in [7, 11) is 1.97. The van der Waals surface area contributed by atoms with E-state index in [-0.39, 0.29) is 12.8 Å². The van der Waals surface area contributed by atoms with E-state index in [9.17, 15) is 9.59 Å². The number of fused-ring (bicyclic) bond motifs is 3. The molecule has 0 bridgehead atoms. The van der Waals surface area contributed by atoms with E-state index in [0.29, 0.717) is 11.7 Å². The van der Waals surface area contributed by atoms with Gasteiger partial charge in [0.15, 0.2) is 11.5 Å². The predicted octanol–water partition coefficient (Wildman–Crippen LogP) is 0.779. The average molecular weight is 452 g/mol. The van der Waals surface area contributed by atoms with Crippen LogP contribution in [0.25, 0.3) is 16.8 Å². The minimum Gasteiger partial charge on any atom is -0.481 e. The zero-order valence-corrected chi connectivity index (χ0v) is 16.5. The minimum atomic E-state index is -1.08. The number of nitrogens with zero attached hydrogens (tertiary/aromatic N) is 6. The number of aromatic nitrogens is 5. The van der Waals surface area contributed by atoms with Crippen LogP contribution in [0.4, 0.5) is 5.82 Å². The number of likely N-dealkylation sites (N-methyl/N-ethyl adjacent to an activating group) is 1. The molecule has 1 aliphatic heterocycles. The van der Waals surface area contributed by atoms with Gasteiger partial charge in [0, 0.05) is 29.8 Å². The van der Waals surface area contributed by atoms with Gasteiger partial charge in [0.2, 0.25) is 5.65 Å². The quantitative estimate of drug-likeness (QED) is 0.508. The Morgan fingerprint density at radius 2 is 1.96 bits per heavy atom. The summed E-state index contributed by atoms with van der Waals surface area (Å²) in [5.41, 5.74) is 2.36. The molecular formula is C16H18BrN7O4. The Hall–Kier alpha value is -2.86. The van der Waals surface area contributed by atoms with E-state index in [1.807, 2.05) is 17.5 Å². The minimum absolute atomic E-state index is 0.296. The number of hydrogen-bond acceptors (Lipinski definition) is 8. The number of carboxylic acids is 2. The van der Waals surface area contributed by atoms with Gasteiger partial charge in [-0.05, 0) is 29.0 Å². The number of hydrogen-bond donors (Lipinski definition) is 3. The van der Waals surface area contributed by atoms with Crippen molar-refractivity contribution in [1.29, 1.82) is 0 Å². The van der Waals surface area contributed by atoms with Crippen molar-refractivity contribution in [2.24, 2.45) is 0 Å². The molecule has 1 fully saturated rings. The van der Waals surface area contributed by atoms with E-state index in [4.69, 9.17) is 10.2 Å². The molecule has 0 amide bonds. The van der Waals surface area contributed by atoms with Crippen molar-refractivity contribution in [2.75, 3.05) is 25.0 Å². The second kappa shape index (κ2) is 8.44. The molecule has 0 unspecified atom stereocenters. The maximum absolute atomic E-state index is 9.64. The molecule has 4 rings (SSSR count). The molecule has 0 spiro atoms. The monoisotopic (exact) mass is 451 g/mol. The van der Waals surface area contributed by atoms with Crippen LogP contribution in [0.2, 0.25) is 0 Å². The van der Waals surface area contributed by atoms with Crippen LogP contribution in [-0.2, 0) is 9.59 Å². The SMILES string of the molecule is CNC1CN(c2nc3ncc(Br)cc3n3cnnc23)C1.O=C(O)CCC(=O)O. The summed E-state index contributed by atoms with van der Waals surface area (Å²) in [6.07, 6.45) is 2.86. The number of carboxylic acid groups (broad SMARTS) is 2. The molecule has 148 valence electrons. The Morgan fingerprint density at radius 1 is 1.29 bits per heavy atom. The lowest BCUT2D eigenvalue weighted by Gasteiger charge is -2.39. The maximum atomic E-state index is 9.64. The third-order valence-electron chi connectivity index (χ3n) is 4.18. The number of anilines is 1. The zero-order valence-electron chi connectivity index (χ0n) is 14.9. The van der Waals surface area contributed by atoms with Crippen LogP contribution < -0.4 is 10.2 Å². The lowest BCUT2D eigenvalue weighted by molar-refractivity contribution is -0.143. The van der Waals surface area contributed by atoms with Crippen LogP contribution in [0.15, 0.2) is 23.1 Å². The number of pyridine rings is 1. The van der Waals surface area contributed by atoms with Crippen LogP contribution in [0.5, 0.6) is 0 Å². The predicted molar refractivity (Wildman–Crippen MR) is 103 cm³/mol. The normalized spacial score (nSPS) is 13.9. The Labute approximate surface area is 167 Å². The first-order valence-corrected chi connectivity index (χ1v) is 9.19. The highest BCUT2D eigenvalue weighted by Crippen LogP contribution is 2.26. The van der Waals surface area contributed by atoms with Gasteiger partial charge >= 0.3 is 11.9 Å². The summed E-state index contributed by atoms with van der Waals surface area (Å²) in [4.78, 5) is 30.5. The highest BCUT2D eigenvalue weighted by Gasteiger charge is 2.29. The van der Waals surface area contributed by atoms with Gasteiger partial charge < -0.3 is 20.4 Å². The second-order valence-electron chi connectivity index (χ2n) is 6.13. The van der Waals surface area contributed by atoms with Gasteiger partial charge in [-0.25, -0.2) is 9.97 Å². The summed E-state index contributed by atoms with van der Waals surface area (Å²) in [5, 5.41) is 27.3. The van der Waals surface area contributed by atoms with E-state index in [2.05, 4.69) is 46.3 Å². The third-order valence-corrected chi connectivity index (χ3v) is 4.61. The van der Waals surface area contributed by atoms with Gasteiger partial charge in [0.05, 0.1) is 18.4 Å². The van der Waals surface area contributed by atoms with E-state index in [0.717, 1.165) is 34.5 Å². The number of aliphatic carboxylic acids is 2. The van der Waals surface area contributed by atoms with Crippen molar-refractivity contribution in [2.45, 2.75) is 18.9 Å². The molecule has 0 atom stereocenters. The fourth-order valence-corrected chi connectivity index (χ4v) is 2.98. The molecule has 0 saturated carbocycles. The van der Waals surface area contributed by atoms with Crippen molar-refractivity contribution in [1.82, 2.24) is 29.9 Å². The Balaban J connectivity index is 0.000000242. The number of rotatable bonds is 5. The fraction of sp³-hybridized carbons (Fsp3) is 0.375. The molecular weight excluding hydrogens is 434 g/mol. The number of carbonyl (C=O) groups is 2. The molecule has 3 aromatic rings. The smallest absolute Gasteiger partial charge is 0.303 e. The van der Waals surface area contributed by atoms with Gasteiger partial charge in [-0.3, -0.25) is 14.0 Å². The first kappa shape index (κ1) is 19.9. The molecule has 0 aliphatic carbocycles. The van der Waals surface area contributed by atoms with E-state index >= 15 is 0 Å². The van der Waals surface area contributed by atoms with Crippen molar-refractivity contribution >= 4 is 50.5 Å². The van der Waals surface area contributed by atoms with Gasteiger partial charge in [-0.2, -0.15) is 0 Å². The molecule has 0 radical (unpaired) electrons. The van der Waals surface area contributed by atoms with Crippen molar-refractivity contribution < 1.29 is 19.8 Å². The zero-order chi connectivity index (χ0) is 20.3.